The number of carbonyl (C=O) groups excluding carboxylic acids is 2. The fraction of sp³-hybridized carbons (Fsp3) is 0.500. The number of rotatable bonds is 2. The molecular weight excluding hydrogens is 311 g/mol. The number of amides is 1. The molecule has 1 heterocycles. The second kappa shape index (κ2) is 6.60. The topological polar surface area (TPSA) is 70.4 Å². The van der Waals surface area contributed by atoms with E-state index in [1.807, 2.05) is 0 Å². The summed E-state index contributed by atoms with van der Waals surface area (Å²) in [5, 5.41) is 9.56. The van der Waals surface area contributed by atoms with Crippen LogP contribution in [0.25, 0.3) is 0 Å². The lowest BCUT2D eigenvalue weighted by Crippen LogP contribution is -2.47. The molecular formula is C18H21FN2O3. The molecule has 1 amide bonds. The van der Waals surface area contributed by atoms with Gasteiger partial charge in [0.15, 0.2) is 5.78 Å². The van der Waals surface area contributed by atoms with E-state index in [1.165, 1.54) is 29.2 Å². The third-order valence-corrected chi connectivity index (χ3v) is 4.02. The van der Waals surface area contributed by atoms with Crippen molar-refractivity contribution in [3.63, 3.8) is 0 Å². The van der Waals surface area contributed by atoms with Crippen LogP contribution in [0.1, 0.15) is 44.0 Å². The van der Waals surface area contributed by atoms with Crippen LogP contribution in [0.2, 0.25) is 0 Å². The van der Waals surface area contributed by atoms with E-state index >= 15 is 0 Å². The lowest BCUT2D eigenvalue weighted by Gasteiger charge is -2.36. The highest BCUT2D eigenvalue weighted by atomic mass is 19.1. The number of nitriles is 1. The molecule has 1 aromatic carbocycles. The number of Topliss-reactive ketones (excluding diaryl/α,β-unsaturated/α-hetero) is 1. The van der Waals surface area contributed by atoms with Crippen LogP contribution in [0.15, 0.2) is 24.3 Å². The third kappa shape index (κ3) is 3.91. The fourth-order valence-corrected chi connectivity index (χ4v) is 2.66. The molecule has 0 bridgehead atoms. The molecule has 1 aliphatic rings. The zero-order chi connectivity index (χ0) is 18.0. The van der Waals surface area contributed by atoms with Crippen molar-refractivity contribution in [2.45, 2.75) is 39.2 Å². The van der Waals surface area contributed by atoms with E-state index in [0.29, 0.717) is 5.56 Å². The number of hydrogen-bond donors (Lipinski definition) is 0. The summed E-state index contributed by atoms with van der Waals surface area (Å²) < 4.78 is 18.3. The number of ether oxygens (including phenoxy) is 1. The molecule has 2 rings (SSSR count). The van der Waals surface area contributed by atoms with Gasteiger partial charge in [-0.25, -0.2) is 9.18 Å². The van der Waals surface area contributed by atoms with Gasteiger partial charge in [-0.15, -0.1) is 0 Å². The Balaban J connectivity index is 2.09. The molecule has 0 aromatic heterocycles. The maximum atomic E-state index is 13.0. The normalized spacial score (nSPS) is 17.0. The summed E-state index contributed by atoms with van der Waals surface area (Å²) in [5.74, 6) is -0.758. The molecule has 1 aromatic rings. The van der Waals surface area contributed by atoms with Gasteiger partial charge in [0.1, 0.15) is 16.8 Å². The Labute approximate surface area is 141 Å². The van der Waals surface area contributed by atoms with Crippen molar-refractivity contribution in [2.75, 3.05) is 13.1 Å². The average molecular weight is 332 g/mol. The molecule has 6 heteroatoms. The highest BCUT2D eigenvalue weighted by Crippen LogP contribution is 2.35. The number of likely N-dealkylation sites (tertiary alicyclic amines) is 1. The number of carbonyl (C=O) groups is 2. The molecule has 0 unspecified atom stereocenters. The lowest BCUT2D eigenvalue weighted by atomic mass is 9.74. The molecule has 1 aliphatic heterocycles. The smallest absolute Gasteiger partial charge is 0.410 e. The van der Waals surface area contributed by atoms with Gasteiger partial charge in [0.05, 0.1) is 6.07 Å². The molecule has 0 spiro atoms. The highest BCUT2D eigenvalue weighted by Gasteiger charge is 2.43. The predicted molar refractivity (Wildman–Crippen MR) is 85.8 cm³/mol. The SMILES string of the molecule is CC(C)(C)OC(=O)N1CCC(C#N)(C(=O)c2ccc(F)cc2)CC1. The first kappa shape index (κ1) is 17.9. The van der Waals surface area contributed by atoms with Gasteiger partial charge in [-0.1, -0.05) is 0 Å². The van der Waals surface area contributed by atoms with Gasteiger partial charge in [-0.2, -0.15) is 5.26 Å². The van der Waals surface area contributed by atoms with Crippen molar-refractivity contribution >= 4 is 11.9 Å². The molecule has 0 aliphatic carbocycles. The molecule has 128 valence electrons. The van der Waals surface area contributed by atoms with E-state index in [1.54, 1.807) is 20.8 Å². The van der Waals surface area contributed by atoms with Gasteiger partial charge in [0.2, 0.25) is 0 Å². The number of hydrogen-bond acceptors (Lipinski definition) is 4. The summed E-state index contributed by atoms with van der Waals surface area (Å²) in [6.07, 6.45) is 0.0287. The molecule has 0 atom stereocenters. The Morgan fingerprint density at radius 3 is 2.21 bits per heavy atom. The summed E-state index contributed by atoms with van der Waals surface area (Å²) in [4.78, 5) is 26.3. The van der Waals surface area contributed by atoms with Crippen molar-refractivity contribution in [2.24, 2.45) is 5.41 Å². The maximum Gasteiger partial charge on any atom is 0.410 e. The second-order valence-corrected chi connectivity index (χ2v) is 7.00. The summed E-state index contributed by atoms with van der Waals surface area (Å²) >= 11 is 0. The molecule has 5 nitrogen and oxygen atoms in total. The Bertz CT molecular complexity index is 663. The van der Waals surface area contributed by atoms with Crippen molar-refractivity contribution in [1.29, 1.82) is 5.26 Å². The number of halogens is 1. The van der Waals surface area contributed by atoms with Gasteiger partial charge in [-0.3, -0.25) is 4.79 Å². The van der Waals surface area contributed by atoms with E-state index < -0.39 is 22.9 Å². The van der Waals surface area contributed by atoms with E-state index in [2.05, 4.69) is 6.07 Å². The van der Waals surface area contributed by atoms with E-state index in [-0.39, 0.29) is 31.7 Å². The molecule has 0 radical (unpaired) electrons. The lowest BCUT2D eigenvalue weighted by molar-refractivity contribution is 0.0148. The summed E-state index contributed by atoms with van der Waals surface area (Å²) in [6.45, 7) is 5.90. The van der Waals surface area contributed by atoms with Crippen LogP contribution >= 0.6 is 0 Å². The minimum absolute atomic E-state index is 0.235. The van der Waals surface area contributed by atoms with Gasteiger partial charge in [0.25, 0.3) is 0 Å². The number of benzene rings is 1. The summed E-state index contributed by atoms with van der Waals surface area (Å²) in [6, 6.07) is 7.29. The third-order valence-electron chi connectivity index (χ3n) is 4.02. The molecule has 1 saturated heterocycles. The maximum absolute atomic E-state index is 13.0. The molecule has 24 heavy (non-hydrogen) atoms. The van der Waals surface area contributed by atoms with Gasteiger partial charge < -0.3 is 9.64 Å². The molecule has 0 N–H and O–H groups in total. The van der Waals surface area contributed by atoms with Crippen LogP contribution in [-0.4, -0.2) is 35.5 Å². The molecule has 0 saturated carbocycles. The number of ketones is 1. The average Bonchev–Trinajstić information content (AvgIpc) is 2.53. The van der Waals surface area contributed by atoms with Crippen LogP contribution in [0, 0.1) is 22.6 Å². The van der Waals surface area contributed by atoms with Gasteiger partial charge in [0, 0.05) is 18.7 Å². The van der Waals surface area contributed by atoms with E-state index in [9.17, 15) is 19.2 Å². The Kier molecular flexibility index (Phi) is 4.93. The predicted octanol–water partition coefficient (Wildman–Crippen LogP) is 3.55. The Morgan fingerprint density at radius 2 is 1.75 bits per heavy atom. The van der Waals surface area contributed by atoms with Gasteiger partial charge in [-0.05, 0) is 57.9 Å². The van der Waals surface area contributed by atoms with Gasteiger partial charge >= 0.3 is 6.09 Å². The van der Waals surface area contributed by atoms with Crippen LogP contribution in [-0.2, 0) is 4.74 Å². The standard InChI is InChI=1S/C18H21FN2O3/c1-17(2,3)24-16(23)21-10-8-18(12-20,9-11-21)15(22)13-4-6-14(19)7-5-13/h4-7H,8-11H2,1-3H3. The zero-order valence-electron chi connectivity index (χ0n) is 14.1. The zero-order valence-corrected chi connectivity index (χ0v) is 14.1. The highest BCUT2D eigenvalue weighted by molar-refractivity contribution is 6.02. The van der Waals surface area contributed by atoms with Crippen LogP contribution in [0.3, 0.4) is 0 Å². The monoisotopic (exact) mass is 332 g/mol. The Morgan fingerprint density at radius 1 is 1.21 bits per heavy atom. The minimum Gasteiger partial charge on any atom is -0.444 e. The first-order chi connectivity index (χ1) is 11.2. The van der Waals surface area contributed by atoms with Crippen molar-refractivity contribution in [1.82, 2.24) is 4.90 Å². The van der Waals surface area contributed by atoms with Crippen LogP contribution < -0.4 is 0 Å². The van der Waals surface area contributed by atoms with Crippen LogP contribution in [0.5, 0.6) is 0 Å². The summed E-state index contributed by atoms with van der Waals surface area (Å²) in [5.41, 5.74) is -1.47. The quantitative estimate of drug-likeness (QED) is 0.777. The second-order valence-electron chi connectivity index (χ2n) is 7.00. The van der Waals surface area contributed by atoms with Crippen molar-refractivity contribution < 1.29 is 18.7 Å². The van der Waals surface area contributed by atoms with Crippen molar-refractivity contribution in [3.05, 3.63) is 35.6 Å². The van der Waals surface area contributed by atoms with Crippen molar-refractivity contribution in [3.8, 4) is 6.07 Å². The fourth-order valence-electron chi connectivity index (χ4n) is 2.66. The van der Waals surface area contributed by atoms with E-state index in [4.69, 9.17) is 4.74 Å². The largest absolute Gasteiger partial charge is 0.444 e. The summed E-state index contributed by atoms with van der Waals surface area (Å²) in [7, 11) is 0. The first-order valence-electron chi connectivity index (χ1n) is 7.86. The number of piperidine rings is 1. The molecule has 1 fully saturated rings. The number of nitrogens with zero attached hydrogens (tertiary/aromatic N) is 2. The minimum atomic E-state index is -1.18. The Hall–Kier alpha value is -2.42. The van der Waals surface area contributed by atoms with Crippen LogP contribution in [0.4, 0.5) is 9.18 Å². The van der Waals surface area contributed by atoms with E-state index in [0.717, 1.165) is 0 Å². The first-order valence-corrected chi connectivity index (χ1v) is 7.86.